The van der Waals surface area contributed by atoms with Crippen LogP contribution in [0.5, 0.6) is 11.5 Å². The number of amides is 1. The molecule has 2 aromatic rings. The maximum atomic E-state index is 12.2. The number of anilines is 1. The molecular formula is C16H21N3O3. The van der Waals surface area contributed by atoms with E-state index in [1.54, 1.807) is 6.20 Å². The number of aromatic nitrogens is 2. The largest absolute Gasteiger partial charge is 0.508 e. The zero-order valence-electron chi connectivity index (χ0n) is 13.0. The minimum absolute atomic E-state index is 0.0910. The number of benzene rings is 1. The fourth-order valence-corrected chi connectivity index (χ4v) is 2.08. The Morgan fingerprint density at radius 2 is 2.09 bits per heavy atom. The molecule has 0 unspecified atom stereocenters. The molecule has 1 amide bonds. The Balaban J connectivity index is 2.12. The molecule has 0 aliphatic carbocycles. The molecule has 3 N–H and O–H groups in total. The van der Waals surface area contributed by atoms with E-state index >= 15 is 0 Å². The van der Waals surface area contributed by atoms with Crippen LogP contribution < -0.4 is 5.32 Å². The number of phenols is 2. The summed E-state index contributed by atoms with van der Waals surface area (Å²) in [5.41, 5.74) is 1.58. The van der Waals surface area contributed by atoms with Crippen molar-refractivity contribution in [2.24, 2.45) is 5.92 Å². The molecule has 0 saturated heterocycles. The highest BCUT2D eigenvalue weighted by Gasteiger charge is 2.15. The zero-order valence-corrected chi connectivity index (χ0v) is 13.0. The molecule has 6 nitrogen and oxygen atoms in total. The van der Waals surface area contributed by atoms with Gasteiger partial charge in [0, 0.05) is 12.6 Å². The maximum Gasteiger partial charge on any atom is 0.259 e. The lowest BCUT2D eigenvalue weighted by atomic mass is 10.1. The first-order valence-corrected chi connectivity index (χ1v) is 7.24. The lowest BCUT2D eigenvalue weighted by molar-refractivity contribution is 0.102. The number of carbonyl (C=O) groups is 1. The Kier molecular flexibility index (Phi) is 4.70. The quantitative estimate of drug-likeness (QED) is 0.792. The summed E-state index contributed by atoms with van der Waals surface area (Å²) in [5.74, 6) is -0.214. The van der Waals surface area contributed by atoms with Crippen LogP contribution in [0.3, 0.4) is 0 Å². The van der Waals surface area contributed by atoms with Gasteiger partial charge in [0.1, 0.15) is 11.5 Å². The number of nitrogens with zero attached hydrogens (tertiary/aromatic N) is 2. The van der Waals surface area contributed by atoms with Crippen molar-refractivity contribution in [3.05, 3.63) is 35.7 Å². The molecule has 1 heterocycles. The summed E-state index contributed by atoms with van der Waals surface area (Å²) >= 11 is 0. The smallest absolute Gasteiger partial charge is 0.259 e. The van der Waals surface area contributed by atoms with Crippen LogP contribution >= 0.6 is 0 Å². The van der Waals surface area contributed by atoms with Gasteiger partial charge in [0.05, 0.1) is 23.1 Å². The fourth-order valence-electron chi connectivity index (χ4n) is 2.08. The molecule has 0 atom stereocenters. The van der Waals surface area contributed by atoms with Gasteiger partial charge in [0.15, 0.2) is 0 Å². The van der Waals surface area contributed by atoms with Crippen LogP contribution in [0.1, 0.15) is 36.3 Å². The molecule has 0 spiro atoms. The average Bonchev–Trinajstić information content (AvgIpc) is 2.77. The van der Waals surface area contributed by atoms with E-state index in [-0.39, 0.29) is 17.1 Å². The van der Waals surface area contributed by atoms with Gasteiger partial charge < -0.3 is 15.5 Å². The van der Waals surface area contributed by atoms with E-state index in [4.69, 9.17) is 0 Å². The summed E-state index contributed by atoms with van der Waals surface area (Å²) in [7, 11) is 0. The third kappa shape index (κ3) is 3.58. The van der Waals surface area contributed by atoms with E-state index in [0.717, 1.165) is 24.7 Å². The highest BCUT2D eigenvalue weighted by Crippen LogP contribution is 2.24. The van der Waals surface area contributed by atoms with E-state index in [2.05, 4.69) is 24.3 Å². The number of aryl methyl sites for hydroxylation is 1. The summed E-state index contributed by atoms with van der Waals surface area (Å²) < 4.78 is 1.85. The second-order valence-corrected chi connectivity index (χ2v) is 5.70. The summed E-state index contributed by atoms with van der Waals surface area (Å²) in [5, 5.41) is 26.0. The maximum absolute atomic E-state index is 12.2. The first-order valence-electron chi connectivity index (χ1n) is 7.24. The Labute approximate surface area is 129 Å². The molecule has 1 aromatic heterocycles. The molecule has 1 aromatic carbocycles. The standard InChI is InChI=1S/C16H21N3O3/c1-10(2)6-7-19-11(3)14(9-17-19)18-16(22)13-5-4-12(20)8-15(13)21/h4-5,8-10,20-21H,6-7H2,1-3H3,(H,18,22). The lowest BCUT2D eigenvalue weighted by Crippen LogP contribution is -2.13. The first kappa shape index (κ1) is 15.9. The summed E-state index contributed by atoms with van der Waals surface area (Å²) in [6.07, 6.45) is 2.61. The second-order valence-electron chi connectivity index (χ2n) is 5.70. The van der Waals surface area contributed by atoms with Crippen LogP contribution in [0.4, 0.5) is 5.69 Å². The number of hydrogen-bond donors (Lipinski definition) is 3. The van der Waals surface area contributed by atoms with Crippen LogP contribution in [0, 0.1) is 12.8 Å². The Morgan fingerprint density at radius 3 is 2.73 bits per heavy atom. The zero-order chi connectivity index (χ0) is 16.3. The van der Waals surface area contributed by atoms with Gasteiger partial charge in [-0.15, -0.1) is 0 Å². The highest BCUT2D eigenvalue weighted by molar-refractivity contribution is 6.06. The van der Waals surface area contributed by atoms with Crippen molar-refractivity contribution in [3.8, 4) is 11.5 Å². The van der Waals surface area contributed by atoms with Gasteiger partial charge in [-0.05, 0) is 31.4 Å². The van der Waals surface area contributed by atoms with E-state index in [9.17, 15) is 15.0 Å². The molecule has 0 radical (unpaired) electrons. The molecule has 0 aliphatic rings. The van der Waals surface area contributed by atoms with E-state index in [0.29, 0.717) is 11.6 Å². The summed E-state index contributed by atoms with van der Waals surface area (Å²) in [6.45, 7) is 6.98. The van der Waals surface area contributed by atoms with Crippen molar-refractivity contribution in [1.29, 1.82) is 0 Å². The normalized spacial score (nSPS) is 10.9. The van der Waals surface area contributed by atoms with Crippen molar-refractivity contribution in [1.82, 2.24) is 9.78 Å². The third-order valence-corrected chi connectivity index (χ3v) is 3.50. The SMILES string of the molecule is Cc1c(NC(=O)c2ccc(O)cc2O)cnn1CCC(C)C. The number of carbonyl (C=O) groups excluding carboxylic acids is 1. The van der Waals surface area contributed by atoms with Gasteiger partial charge >= 0.3 is 0 Å². The third-order valence-electron chi connectivity index (χ3n) is 3.50. The Hall–Kier alpha value is -2.50. The topological polar surface area (TPSA) is 87.4 Å². The Bertz CT molecular complexity index is 677. The van der Waals surface area contributed by atoms with Crippen LogP contribution in [0.15, 0.2) is 24.4 Å². The minimum Gasteiger partial charge on any atom is -0.508 e. The molecule has 6 heteroatoms. The molecular weight excluding hydrogens is 282 g/mol. The first-order chi connectivity index (χ1) is 10.4. The number of aromatic hydroxyl groups is 2. The van der Waals surface area contributed by atoms with E-state index in [1.165, 1.54) is 12.1 Å². The van der Waals surface area contributed by atoms with Gasteiger partial charge in [0.25, 0.3) is 5.91 Å². The fraction of sp³-hybridized carbons (Fsp3) is 0.375. The Morgan fingerprint density at radius 1 is 1.36 bits per heavy atom. The predicted molar refractivity (Wildman–Crippen MR) is 84.1 cm³/mol. The molecule has 0 bridgehead atoms. The summed E-state index contributed by atoms with van der Waals surface area (Å²) in [4.78, 5) is 12.2. The lowest BCUT2D eigenvalue weighted by Gasteiger charge is -2.09. The molecule has 22 heavy (non-hydrogen) atoms. The number of rotatable bonds is 5. The van der Waals surface area contributed by atoms with Crippen molar-refractivity contribution in [2.75, 3.05) is 5.32 Å². The number of hydrogen-bond acceptors (Lipinski definition) is 4. The molecule has 0 fully saturated rings. The van der Waals surface area contributed by atoms with Crippen molar-refractivity contribution in [3.63, 3.8) is 0 Å². The van der Waals surface area contributed by atoms with Gasteiger partial charge in [-0.2, -0.15) is 5.10 Å². The predicted octanol–water partition coefficient (Wildman–Crippen LogP) is 2.90. The summed E-state index contributed by atoms with van der Waals surface area (Å²) in [6, 6.07) is 3.86. The molecule has 2 rings (SSSR count). The average molecular weight is 303 g/mol. The molecule has 118 valence electrons. The van der Waals surface area contributed by atoms with Crippen LogP contribution in [0.2, 0.25) is 0 Å². The van der Waals surface area contributed by atoms with Crippen molar-refractivity contribution < 1.29 is 15.0 Å². The van der Waals surface area contributed by atoms with E-state index < -0.39 is 5.91 Å². The van der Waals surface area contributed by atoms with Gasteiger partial charge in [-0.3, -0.25) is 9.48 Å². The monoisotopic (exact) mass is 303 g/mol. The van der Waals surface area contributed by atoms with Crippen LogP contribution in [-0.2, 0) is 6.54 Å². The second kappa shape index (κ2) is 6.51. The number of phenolic OH excluding ortho intramolecular Hbond substituents is 2. The van der Waals surface area contributed by atoms with Gasteiger partial charge in [0.2, 0.25) is 0 Å². The molecule has 0 aliphatic heterocycles. The van der Waals surface area contributed by atoms with Gasteiger partial charge in [-0.25, -0.2) is 0 Å². The van der Waals surface area contributed by atoms with Crippen molar-refractivity contribution in [2.45, 2.75) is 33.7 Å². The minimum atomic E-state index is -0.441. The van der Waals surface area contributed by atoms with Crippen LogP contribution in [-0.4, -0.2) is 25.9 Å². The van der Waals surface area contributed by atoms with E-state index in [1.807, 2.05) is 11.6 Å². The van der Waals surface area contributed by atoms with Crippen LogP contribution in [0.25, 0.3) is 0 Å². The highest BCUT2D eigenvalue weighted by atomic mass is 16.3. The van der Waals surface area contributed by atoms with Gasteiger partial charge in [-0.1, -0.05) is 13.8 Å². The molecule has 0 saturated carbocycles. The van der Waals surface area contributed by atoms with Crippen molar-refractivity contribution >= 4 is 11.6 Å². The number of nitrogens with one attached hydrogen (secondary N) is 1.